The molecule has 1 saturated carbocycles. The summed E-state index contributed by atoms with van der Waals surface area (Å²) in [5.74, 6) is 1.00. The van der Waals surface area contributed by atoms with E-state index < -0.39 is 0 Å². The largest absolute Gasteiger partial charge is 0.314 e. The Morgan fingerprint density at radius 1 is 1.29 bits per heavy atom. The third-order valence-corrected chi connectivity index (χ3v) is 4.61. The van der Waals surface area contributed by atoms with E-state index in [1.807, 2.05) is 11.7 Å². The Labute approximate surface area is 107 Å². The highest BCUT2D eigenvalue weighted by Crippen LogP contribution is 2.28. The van der Waals surface area contributed by atoms with Crippen LogP contribution in [0.4, 0.5) is 0 Å². The summed E-state index contributed by atoms with van der Waals surface area (Å²) < 4.78 is 0. The monoisotopic (exact) mass is 251 g/mol. The number of piperidine rings is 1. The standard InChI is InChI=1S/C13H21N3S/c1-2-11(1)7-15-12-3-5-16(6-4-12)9-13-8-14-10-17-13/h8,10-12,15H,1-7,9H2. The van der Waals surface area contributed by atoms with Gasteiger partial charge < -0.3 is 5.32 Å². The SMILES string of the molecule is c1ncc(CN2CCC(NCC3CC3)CC2)s1. The topological polar surface area (TPSA) is 28.2 Å². The van der Waals surface area contributed by atoms with Gasteiger partial charge in [-0.05, 0) is 38.1 Å². The third kappa shape index (κ3) is 3.50. The van der Waals surface area contributed by atoms with Gasteiger partial charge in [0.25, 0.3) is 0 Å². The van der Waals surface area contributed by atoms with Gasteiger partial charge in [0.15, 0.2) is 0 Å². The fraction of sp³-hybridized carbons (Fsp3) is 0.769. The molecular weight excluding hydrogens is 230 g/mol. The summed E-state index contributed by atoms with van der Waals surface area (Å²) in [4.78, 5) is 8.09. The van der Waals surface area contributed by atoms with Gasteiger partial charge in [-0.2, -0.15) is 0 Å². The van der Waals surface area contributed by atoms with Gasteiger partial charge in [-0.15, -0.1) is 11.3 Å². The average Bonchev–Trinajstić information content (AvgIpc) is 3.05. The zero-order valence-corrected chi connectivity index (χ0v) is 11.1. The van der Waals surface area contributed by atoms with Crippen molar-refractivity contribution < 1.29 is 0 Å². The van der Waals surface area contributed by atoms with Gasteiger partial charge in [0.1, 0.15) is 0 Å². The molecule has 3 nitrogen and oxygen atoms in total. The summed E-state index contributed by atoms with van der Waals surface area (Å²) in [6.07, 6.45) is 7.54. The minimum Gasteiger partial charge on any atom is -0.314 e. The molecule has 1 aromatic rings. The lowest BCUT2D eigenvalue weighted by Crippen LogP contribution is -2.42. The van der Waals surface area contributed by atoms with Gasteiger partial charge in [0.2, 0.25) is 0 Å². The molecule has 0 radical (unpaired) electrons. The van der Waals surface area contributed by atoms with E-state index in [2.05, 4.69) is 15.2 Å². The van der Waals surface area contributed by atoms with Gasteiger partial charge >= 0.3 is 0 Å². The lowest BCUT2D eigenvalue weighted by Gasteiger charge is -2.32. The number of aromatic nitrogens is 1. The van der Waals surface area contributed by atoms with Crippen molar-refractivity contribution in [1.29, 1.82) is 0 Å². The number of nitrogens with zero attached hydrogens (tertiary/aromatic N) is 2. The Balaban J connectivity index is 1.37. The predicted octanol–water partition coefficient (Wildman–Crippen LogP) is 2.11. The molecule has 1 saturated heterocycles. The van der Waals surface area contributed by atoms with E-state index in [0.717, 1.165) is 18.5 Å². The molecule has 3 rings (SSSR count). The molecule has 0 aromatic carbocycles. The third-order valence-electron chi connectivity index (χ3n) is 3.84. The Kier molecular flexibility index (Phi) is 3.74. The molecule has 0 bridgehead atoms. The van der Waals surface area contributed by atoms with Gasteiger partial charge in [-0.25, -0.2) is 0 Å². The Hall–Kier alpha value is -0.450. The van der Waals surface area contributed by atoms with Crippen LogP contribution in [0, 0.1) is 5.92 Å². The number of likely N-dealkylation sites (tertiary alicyclic amines) is 1. The molecule has 0 amide bonds. The first-order valence-electron chi connectivity index (χ1n) is 6.73. The van der Waals surface area contributed by atoms with Crippen LogP contribution < -0.4 is 5.32 Å². The van der Waals surface area contributed by atoms with Crippen molar-refractivity contribution >= 4 is 11.3 Å². The summed E-state index contributed by atoms with van der Waals surface area (Å²) in [6.45, 7) is 4.83. The molecule has 1 aliphatic heterocycles. The van der Waals surface area contributed by atoms with Crippen molar-refractivity contribution in [3.63, 3.8) is 0 Å². The van der Waals surface area contributed by atoms with E-state index in [4.69, 9.17) is 0 Å². The molecule has 94 valence electrons. The van der Waals surface area contributed by atoms with Crippen molar-refractivity contribution in [3.05, 3.63) is 16.6 Å². The molecule has 2 heterocycles. The lowest BCUT2D eigenvalue weighted by atomic mass is 10.0. The minimum atomic E-state index is 0.772. The maximum absolute atomic E-state index is 4.14. The van der Waals surface area contributed by atoms with Crippen LogP contribution in [0.3, 0.4) is 0 Å². The Morgan fingerprint density at radius 2 is 2.12 bits per heavy atom. The van der Waals surface area contributed by atoms with E-state index in [0.29, 0.717) is 0 Å². The van der Waals surface area contributed by atoms with Crippen LogP contribution in [0.1, 0.15) is 30.6 Å². The van der Waals surface area contributed by atoms with E-state index >= 15 is 0 Å². The molecular formula is C13H21N3S. The molecule has 4 heteroatoms. The normalized spacial score (nSPS) is 23.1. The second-order valence-electron chi connectivity index (χ2n) is 5.37. The van der Waals surface area contributed by atoms with Gasteiger partial charge in [0.05, 0.1) is 5.51 Å². The fourth-order valence-corrected chi connectivity index (χ4v) is 3.13. The van der Waals surface area contributed by atoms with Gasteiger partial charge in [-0.3, -0.25) is 9.88 Å². The first-order chi connectivity index (χ1) is 8.40. The van der Waals surface area contributed by atoms with Crippen LogP contribution in [0.15, 0.2) is 11.7 Å². The Morgan fingerprint density at radius 3 is 2.76 bits per heavy atom. The molecule has 0 atom stereocenters. The van der Waals surface area contributed by atoms with Crippen LogP contribution in [0.5, 0.6) is 0 Å². The first kappa shape index (κ1) is 11.6. The highest BCUT2D eigenvalue weighted by Gasteiger charge is 2.24. The number of thiazole rings is 1. The molecule has 17 heavy (non-hydrogen) atoms. The fourth-order valence-electron chi connectivity index (χ4n) is 2.49. The van der Waals surface area contributed by atoms with E-state index in [-0.39, 0.29) is 0 Å². The average molecular weight is 251 g/mol. The van der Waals surface area contributed by atoms with E-state index in [1.54, 1.807) is 11.3 Å². The second-order valence-corrected chi connectivity index (χ2v) is 6.34. The highest BCUT2D eigenvalue weighted by molar-refractivity contribution is 7.09. The zero-order chi connectivity index (χ0) is 11.5. The summed E-state index contributed by atoms with van der Waals surface area (Å²) in [5, 5.41) is 3.73. The molecule has 2 aliphatic rings. The van der Waals surface area contributed by atoms with Crippen molar-refractivity contribution in [2.75, 3.05) is 19.6 Å². The molecule has 0 spiro atoms. The smallest absolute Gasteiger partial charge is 0.0794 e. The van der Waals surface area contributed by atoms with Crippen LogP contribution in [-0.4, -0.2) is 35.6 Å². The van der Waals surface area contributed by atoms with Crippen LogP contribution in [0.2, 0.25) is 0 Å². The molecule has 1 N–H and O–H groups in total. The van der Waals surface area contributed by atoms with Crippen LogP contribution in [-0.2, 0) is 6.54 Å². The van der Waals surface area contributed by atoms with Crippen molar-refractivity contribution in [3.8, 4) is 0 Å². The van der Waals surface area contributed by atoms with Crippen molar-refractivity contribution in [1.82, 2.24) is 15.2 Å². The van der Waals surface area contributed by atoms with Crippen molar-refractivity contribution in [2.24, 2.45) is 5.92 Å². The molecule has 2 fully saturated rings. The lowest BCUT2D eigenvalue weighted by molar-refractivity contribution is 0.191. The van der Waals surface area contributed by atoms with Crippen molar-refractivity contribution in [2.45, 2.75) is 38.3 Å². The zero-order valence-electron chi connectivity index (χ0n) is 10.3. The molecule has 0 unspecified atom stereocenters. The first-order valence-corrected chi connectivity index (χ1v) is 7.61. The summed E-state index contributed by atoms with van der Waals surface area (Å²) in [6, 6.07) is 0.772. The quantitative estimate of drug-likeness (QED) is 0.869. The second kappa shape index (κ2) is 5.46. The van der Waals surface area contributed by atoms with E-state index in [9.17, 15) is 0 Å². The van der Waals surface area contributed by atoms with Gasteiger partial charge in [-0.1, -0.05) is 0 Å². The number of nitrogens with one attached hydrogen (secondary N) is 1. The van der Waals surface area contributed by atoms with E-state index in [1.165, 1.54) is 50.2 Å². The van der Waals surface area contributed by atoms with Gasteiger partial charge in [0, 0.05) is 36.8 Å². The minimum absolute atomic E-state index is 0.772. The number of hydrogen-bond donors (Lipinski definition) is 1. The number of rotatable bonds is 5. The molecule has 1 aromatic heterocycles. The van der Waals surface area contributed by atoms with Crippen LogP contribution in [0.25, 0.3) is 0 Å². The predicted molar refractivity (Wildman–Crippen MR) is 71.1 cm³/mol. The maximum atomic E-state index is 4.14. The summed E-state index contributed by atoms with van der Waals surface area (Å²) in [7, 11) is 0. The maximum Gasteiger partial charge on any atom is 0.0794 e. The summed E-state index contributed by atoms with van der Waals surface area (Å²) in [5.41, 5.74) is 1.93. The summed E-state index contributed by atoms with van der Waals surface area (Å²) >= 11 is 1.77. The highest BCUT2D eigenvalue weighted by atomic mass is 32.1. The molecule has 1 aliphatic carbocycles. The van der Waals surface area contributed by atoms with Crippen LogP contribution >= 0.6 is 11.3 Å². The number of hydrogen-bond acceptors (Lipinski definition) is 4. The Bertz CT molecular complexity index is 326.